The smallest absolute Gasteiger partial charge is 0.274 e. The van der Waals surface area contributed by atoms with Crippen LogP contribution in [0.25, 0.3) is 0 Å². The Bertz CT molecular complexity index is 834. The van der Waals surface area contributed by atoms with Crippen LogP contribution in [-0.4, -0.2) is 39.0 Å². The second-order valence-electron chi connectivity index (χ2n) is 6.66. The third-order valence-electron chi connectivity index (χ3n) is 4.87. The topological polar surface area (TPSA) is 84.7 Å². The van der Waals surface area contributed by atoms with E-state index in [2.05, 4.69) is 25.9 Å². The number of pyridine rings is 1. The molecule has 0 bridgehead atoms. The largest absolute Gasteiger partial charge is 0.340 e. The second kappa shape index (κ2) is 8.09. The zero-order valence-corrected chi connectivity index (χ0v) is 15.0. The Morgan fingerprint density at radius 2 is 1.78 bits per heavy atom. The van der Waals surface area contributed by atoms with Crippen molar-refractivity contribution in [3.63, 3.8) is 0 Å². The summed E-state index contributed by atoms with van der Waals surface area (Å²) < 4.78 is 1.82. The van der Waals surface area contributed by atoms with Crippen LogP contribution < -0.4 is 10.6 Å². The number of nitrogens with one attached hydrogen (secondary N) is 2. The van der Waals surface area contributed by atoms with Crippen LogP contribution in [0, 0.1) is 0 Å². The summed E-state index contributed by atoms with van der Waals surface area (Å²) >= 11 is 0. The van der Waals surface area contributed by atoms with Gasteiger partial charge in [0.2, 0.25) is 0 Å². The Morgan fingerprint density at radius 1 is 1.07 bits per heavy atom. The standard InChI is InChI=1S/C20H22N6O/c27-20(18-14-26(25-24-18)17-8-12-22-13-9-17)23-19(15-4-2-1-3-5-15)16-6-10-21-11-7-16/h1-7,10-11,14,17,19,22H,8-9,12-13H2,(H,23,27). The molecule has 2 N–H and O–H groups in total. The molecule has 138 valence electrons. The van der Waals surface area contributed by atoms with E-state index < -0.39 is 0 Å². The lowest BCUT2D eigenvalue weighted by atomic mass is 9.99. The third kappa shape index (κ3) is 4.03. The minimum Gasteiger partial charge on any atom is -0.340 e. The monoisotopic (exact) mass is 362 g/mol. The van der Waals surface area contributed by atoms with Crippen LogP contribution in [0.4, 0.5) is 0 Å². The second-order valence-corrected chi connectivity index (χ2v) is 6.66. The summed E-state index contributed by atoms with van der Waals surface area (Å²) in [6.45, 7) is 1.92. The molecule has 1 amide bonds. The minimum absolute atomic E-state index is 0.235. The first-order chi connectivity index (χ1) is 13.3. The maximum Gasteiger partial charge on any atom is 0.274 e. The molecular weight excluding hydrogens is 340 g/mol. The Hall–Kier alpha value is -3.06. The number of piperidine rings is 1. The van der Waals surface area contributed by atoms with Crippen LogP contribution in [-0.2, 0) is 0 Å². The molecule has 7 nitrogen and oxygen atoms in total. The number of amides is 1. The van der Waals surface area contributed by atoms with Crippen molar-refractivity contribution in [1.29, 1.82) is 0 Å². The lowest BCUT2D eigenvalue weighted by molar-refractivity contribution is 0.0938. The van der Waals surface area contributed by atoms with Crippen LogP contribution in [0.2, 0.25) is 0 Å². The Labute approximate surface area is 157 Å². The van der Waals surface area contributed by atoms with Crippen molar-refractivity contribution in [2.45, 2.75) is 24.9 Å². The van der Waals surface area contributed by atoms with Crippen molar-refractivity contribution in [2.75, 3.05) is 13.1 Å². The van der Waals surface area contributed by atoms with Crippen LogP contribution >= 0.6 is 0 Å². The van der Waals surface area contributed by atoms with Gasteiger partial charge in [-0.3, -0.25) is 9.78 Å². The highest BCUT2D eigenvalue weighted by Gasteiger charge is 2.22. The molecule has 27 heavy (non-hydrogen) atoms. The predicted molar refractivity (Wildman–Crippen MR) is 101 cm³/mol. The maximum absolute atomic E-state index is 12.8. The number of hydrogen-bond acceptors (Lipinski definition) is 5. The third-order valence-corrected chi connectivity index (χ3v) is 4.87. The molecule has 1 aliphatic heterocycles. The molecule has 1 aromatic carbocycles. The lowest BCUT2D eigenvalue weighted by Crippen LogP contribution is -2.30. The average Bonchev–Trinajstić information content (AvgIpc) is 3.24. The molecule has 0 radical (unpaired) electrons. The minimum atomic E-state index is -0.272. The van der Waals surface area contributed by atoms with Crippen molar-refractivity contribution >= 4 is 5.91 Å². The summed E-state index contributed by atoms with van der Waals surface area (Å²) in [6, 6.07) is 13.7. The first kappa shape index (κ1) is 17.4. The summed E-state index contributed by atoms with van der Waals surface area (Å²) in [7, 11) is 0. The van der Waals surface area contributed by atoms with Crippen molar-refractivity contribution in [1.82, 2.24) is 30.6 Å². The number of aromatic nitrogens is 4. The lowest BCUT2D eigenvalue weighted by Gasteiger charge is -2.22. The predicted octanol–water partition coefficient (Wildman–Crippen LogP) is 2.12. The van der Waals surface area contributed by atoms with Gasteiger partial charge in [-0.15, -0.1) is 5.10 Å². The van der Waals surface area contributed by atoms with Gasteiger partial charge in [-0.2, -0.15) is 0 Å². The molecule has 1 saturated heterocycles. The molecule has 1 aliphatic rings. The zero-order valence-electron chi connectivity index (χ0n) is 15.0. The summed E-state index contributed by atoms with van der Waals surface area (Å²) in [6.07, 6.45) is 7.19. The summed E-state index contributed by atoms with van der Waals surface area (Å²) in [5, 5.41) is 14.7. The van der Waals surface area contributed by atoms with E-state index in [9.17, 15) is 4.79 Å². The molecule has 1 fully saturated rings. The molecule has 3 aromatic rings. The fourth-order valence-electron chi connectivity index (χ4n) is 3.40. The Kier molecular flexibility index (Phi) is 5.20. The van der Waals surface area contributed by atoms with E-state index in [1.54, 1.807) is 18.6 Å². The highest BCUT2D eigenvalue weighted by molar-refractivity contribution is 5.92. The van der Waals surface area contributed by atoms with E-state index in [0.29, 0.717) is 11.7 Å². The number of rotatable bonds is 5. The van der Waals surface area contributed by atoms with E-state index in [1.807, 2.05) is 47.1 Å². The van der Waals surface area contributed by atoms with E-state index in [1.165, 1.54) is 0 Å². The number of carbonyl (C=O) groups excluding carboxylic acids is 1. The highest BCUT2D eigenvalue weighted by Crippen LogP contribution is 2.22. The van der Waals surface area contributed by atoms with Crippen LogP contribution in [0.1, 0.15) is 46.5 Å². The summed E-state index contributed by atoms with van der Waals surface area (Å²) in [4.78, 5) is 16.9. The maximum atomic E-state index is 12.8. The first-order valence-electron chi connectivity index (χ1n) is 9.19. The van der Waals surface area contributed by atoms with Gasteiger partial charge in [0.1, 0.15) is 0 Å². The molecule has 0 aliphatic carbocycles. The van der Waals surface area contributed by atoms with Crippen LogP contribution in [0.5, 0.6) is 0 Å². The highest BCUT2D eigenvalue weighted by atomic mass is 16.2. The SMILES string of the molecule is O=C(NC(c1ccccc1)c1ccncc1)c1cn(C2CCNCC2)nn1. The summed E-state index contributed by atoms with van der Waals surface area (Å²) in [5.41, 5.74) is 2.31. The van der Waals surface area contributed by atoms with Gasteiger partial charge in [0, 0.05) is 12.4 Å². The van der Waals surface area contributed by atoms with Gasteiger partial charge in [-0.05, 0) is 49.2 Å². The normalized spacial score (nSPS) is 16.0. The number of hydrogen-bond donors (Lipinski definition) is 2. The van der Waals surface area contributed by atoms with E-state index in [0.717, 1.165) is 37.1 Å². The van der Waals surface area contributed by atoms with E-state index >= 15 is 0 Å². The average molecular weight is 362 g/mol. The number of nitrogens with zero attached hydrogens (tertiary/aromatic N) is 4. The fraction of sp³-hybridized carbons (Fsp3) is 0.300. The zero-order chi connectivity index (χ0) is 18.5. The van der Waals surface area contributed by atoms with E-state index in [4.69, 9.17) is 0 Å². The van der Waals surface area contributed by atoms with Gasteiger partial charge in [-0.25, -0.2) is 4.68 Å². The van der Waals surface area contributed by atoms with Crippen LogP contribution in [0.3, 0.4) is 0 Å². The molecule has 7 heteroatoms. The van der Waals surface area contributed by atoms with Gasteiger partial charge in [0.25, 0.3) is 5.91 Å². The summed E-state index contributed by atoms with van der Waals surface area (Å²) in [5.74, 6) is -0.235. The molecule has 0 spiro atoms. The van der Waals surface area contributed by atoms with Crippen molar-refractivity contribution in [2.24, 2.45) is 0 Å². The Morgan fingerprint density at radius 3 is 2.52 bits per heavy atom. The first-order valence-corrected chi connectivity index (χ1v) is 9.19. The number of carbonyl (C=O) groups is 1. The van der Waals surface area contributed by atoms with E-state index in [-0.39, 0.29) is 11.9 Å². The van der Waals surface area contributed by atoms with Gasteiger partial charge < -0.3 is 10.6 Å². The molecule has 3 heterocycles. The molecule has 0 saturated carbocycles. The molecule has 1 unspecified atom stereocenters. The molecule has 4 rings (SSSR count). The van der Waals surface area contributed by atoms with Crippen molar-refractivity contribution in [3.05, 3.63) is 77.9 Å². The molecular formula is C20H22N6O. The number of benzene rings is 1. The Balaban J connectivity index is 1.54. The van der Waals surface area contributed by atoms with Crippen molar-refractivity contribution in [3.8, 4) is 0 Å². The quantitative estimate of drug-likeness (QED) is 0.726. The fourth-order valence-corrected chi connectivity index (χ4v) is 3.40. The van der Waals surface area contributed by atoms with Gasteiger partial charge in [0.15, 0.2) is 5.69 Å². The van der Waals surface area contributed by atoms with Gasteiger partial charge in [0.05, 0.1) is 18.3 Å². The molecule has 1 atom stereocenters. The van der Waals surface area contributed by atoms with Gasteiger partial charge >= 0.3 is 0 Å². The van der Waals surface area contributed by atoms with Crippen LogP contribution in [0.15, 0.2) is 61.1 Å². The van der Waals surface area contributed by atoms with Gasteiger partial charge in [-0.1, -0.05) is 35.5 Å². The molecule has 2 aromatic heterocycles. The van der Waals surface area contributed by atoms with Crippen molar-refractivity contribution < 1.29 is 4.79 Å².